The van der Waals surface area contributed by atoms with Crippen LogP contribution in [0.4, 0.5) is 0 Å². The fourth-order valence-electron chi connectivity index (χ4n) is 4.73. The van der Waals surface area contributed by atoms with Crippen molar-refractivity contribution in [1.82, 2.24) is 0 Å². The third-order valence-corrected chi connectivity index (χ3v) is 7.15. The fraction of sp³-hybridized carbons (Fsp3) is 0.588. The van der Waals surface area contributed by atoms with Crippen LogP contribution in [0.1, 0.15) is 138 Å². The number of carbonyl (C=O) groups excluding carboxylic acids is 2. The Labute approximate surface area is 231 Å². The number of benzene rings is 2. The van der Waals surface area contributed by atoms with Crippen LogP contribution in [-0.4, -0.2) is 18.4 Å². The number of carbonyl (C=O) groups is 2. The summed E-state index contributed by atoms with van der Waals surface area (Å²) in [6.45, 7) is 7.34. The molecule has 38 heavy (non-hydrogen) atoms. The highest BCUT2D eigenvalue weighted by Crippen LogP contribution is 2.24. The Morgan fingerprint density at radius 2 is 1.11 bits per heavy atom. The molecule has 2 rings (SSSR count). The zero-order valence-electron chi connectivity index (χ0n) is 24.1. The van der Waals surface area contributed by atoms with Crippen LogP contribution in [0, 0.1) is 5.92 Å². The number of rotatable bonds is 21. The highest BCUT2D eigenvalue weighted by Gasteiger charge is 2.16. The van der Waals surface area contributed by atoms with E-state index in [1.54, 1.807) is 48.5 Å². The van der Waals surface area contributed by atoms with Gasteiger partial charge in [-0.1, -0.05) is 104 Å². The molecule has 0 aliphatic rings. The van der Waals surface area contributed by atoms with Crippen LogP contribution < -0.4 is 9.47 Å². The molecule has 0 amide bonds. The molecule has 0 aromatic heterocycles. The molecule has 0 heterocycles. The van der Waals surface area contributed by atoms with E-state index in [2.05, 4.69) is 20.8 Å². The predicted octanol–water partition coefficient (Wildman–Crippen LogP) is 9.99. The van der Waals surface area contributed by atoms with Crippen LogP contribution in [-0.2, 0) is 0 Å². The van der Waals surface area contributed by atoms with Gasteiger partial charge in [0.15, 0.2) is 5.78 Å². The molecule has 0 atom stereocenters. The second-order valence-corrected chi connectivity index (χ2v) is 10.5. The zero-order valence-corrected chi connectivity index (χ0v) is 24.1. The average Bonchev–Trinajstić information content (AvgIpc) is 2.93. The van der Waals surface area contributed by atoms with Gasteiger partial charge in [-0.05, 0) is 60.9 Å². The van der Waals surface area contributed by atoms with Crippen molar-refractivity contribution in [3.8, 4) is 11.5 Å². The van der Waals surface area contributed by atoms with Crippen LogP contribution in [0.2, 0.25) is 0 Å². The lowest BCUT2D eigenvalue weighted by Crippen LogP contribution is -2.11. The van der Waals surface area contributed by atoms with Crippen molar-refractivity contribution >= 4 is 11.8 Å². The van der Waals surface area contributed by atoms with Crippen LogP contribution in [0.25, 0.3) is 0 Å². The molecule has 2 aromatic rings. The molecule has 0 aliphatic heterocycles. The quantitative estimate of drug-likeness (QED) is 0.0708. The second kappa shape index (κ2) is 19.4. The first-order valence-corrected chi connectivity index (χ1v) is 15.2. The molecule has 2 aromatic carbocycles. The van der Waals surface area contributed by atoms with Crippen molar-refractivity contribution in [1.29, 1.82) is 0 Å². The third-order valence-electron chi connectivity index (χ3n) is 7.15. The van der Waals surface area contributed by atoms with Gasteiger partial charge in [-0.2, -0.15) is 0 Å². The monoisotopic (exact) mass is 522 g/mol. The van der Waals surface area contributed by atoms with Gasteiger partial charge in [0.2, 0.25) is 0 Å². The van der Waals surface area contributed by atoms with Gasteiger partial charge in [0, 0.05) is 12.0 Å². The summed E-state index contributed by atoms with van der Waals surface area (Å²) < 4.78 is 11.3. The van der Waals surface area contributed by atoms with Crippen molar-refractivity contribution in [2.24, 2.45) is 5.92 Å². The number of unbranched alkanes of at least 4 members (excludes halogenated alkanes) is 9. The summed E-state index contributed by atoms with van der Waals surface area (Å²) in [6, 6.07) is 14.1. The van der Waals surface area contributed by atoms with E-state index in [0.717, 1.165) is 25.0 Å². The lowest BCUT2D eigenvalue weighted by Gasteiger charge is -2.16. The number of ether oxygens (including phenoxy) is 2. The highest BCUT2D eigenvalue weighted by molar-refractivity contribution is 5.96. The van der Waals surface area contributed by atoms with Gasteiger partial charge in [0.1, 0.15) is 11.5 Å². The zero-order chi connectivity index (χ0) is 27.4. The maximum absolute atomic E-state index is 13.0. The van der Waals surface area contributed by atoms with Crippen molar-refractivity contribution in [2.75, 3.05) is 6.61 Å². The van der Waals surface area contributed by atoms with Crippen molar-refractivity contribution in [3.05, 3.63) is 59.7 Å². The molecule has 0 N–H and O–H groups in total. The Morgan fingerprint density at radius 3 is 1.66 bits per heavy atom. The van der Waals surface area contributed by atoms with E-state index in [1.807, 2.05) is 0 Å². The number of ketones is 1. The van der Waals surface area contributed by atoms with Gasteiger partial charge in [-0.15, -0.1) is 0 Å². The first kappa shape index (κ1) is 31.6. The minimum Gasteiger partial charge on any atom is -0.494 e. The topological polar surface area (TPSA) is 52.6 Å². The molecule has 0 saturated carbocycles. The van der Waals surface area contributed by atoms with Crippen LogP contribution >= 0.6 is 0 Å². The van der Waals surface area contributed by atoms with E-state index in [1.165, 1.54) is 70.6 Å². The highest BCUT2D eigenvalue weighted by atomic mass is 16.5. The first-order chi connectivity index (χ1) is 18.6. The molecule has 4 nitrogen and oxygen atoms in total. The van der Waals surface area contributed by atoms with Gasteiger partial charge in [0.25, 0.3) is 0 Å². The van der Waals surface area contributed by atoms with Gasteiger partial charge in [0.05, 0.1) is 12.2 Å². The summed E-state index contributed by atoms with van der Waals surface area (Å²) in [4.78, 5) is 25.6. The van der Waals surface area contributed by atoms with E-state index in [-0.39, 0.29) is 5.78 Å². The molecule has 210 valence electrons. The predicted molar refractivity (Wildman–Crippen MR) is 157 cm³/mol. The third kappa shape index (κ3) is 12.8. The second-order valence-electron chi connectivity index (χ2n) is 10.5. The normalized spacial score (nSPS) is 11.1. The summed E-state index contributed by atoms with van der Waals surface area (Å²) in [6.07, 6.45) is 17.4. The van der Waals surface area contributed by atoms with Crippen LogP contribution in [0.5, 0.6) is 11.5 Å². The first-order valence-electron chi connectivity index (χ1n) is 15.2. The molecular weight excluding hydrogens is 472 g/mol. The summed E-state index contributed by atoms with van der Waals surface area (Å²) in [7, 11) is 0. The van der Waals surface area contributed by atoms with Crippen LogP contribution in [0.15, 0.2) is 48.5 Å². The van der Waals surface area contributed by atoms with Crippen molar-refractivity contribution in [3.63, 3.8) is 0 Å². The van der Waals surface area contributed by atoms with Gasteiger partial charge in [-0.25, -0.2) is 4.79 Å². The maximum atomic E-state index is 13.0. The van der Waals surface area contributed by atoms with Gasteiger partial charge < -0.3 is 9.47 Å². The van der Waals surface area contributed by atoms with E-state index in [9.17, 15) is 9.59 Å². The summed E-state index contributed by atoms with van der Waals surface area (Å²) in [5.41, 5.74) is 1.16. The maximum Gasteiger partial charge on any atom is 0.343 e. The lowest BCUT2D eigenvalue weighted by molar-refractivity contribution is 0.0734. The van der Waals surface area contributed by atoms with Crippen molar-refractivity contribution in [2.45, 2.75) is 117 Å². The SMILES string of the molecule is CCCCCCOc1ccc(C(=O)Oc2ccc(C(=O)CC(CCCCCC)CCCCCC)cc2)cc1. The van der Waals surface area contributed by atoms with Gasteiger partial charge in [-0.3, -0.25) is 4.79 Å². The molecule has 4 heteroatoms. The number of hydrogen-bond donors (Lipinski definition) is 0. The smallest absolute Gasteiger partial charge is 0.343 e. The molecule has 0 fully saturated rings. The molecule has 0 aliphatic carbocycles. The molecule has 0 bridgehead atoms. The Morgan fingerprint density at radius 1 is 0.605 bits per heavy atom. The largest absolute Gasteiger partial charge is 0.494 e. The average molecular weight is 523 g/mol. The summed E-state index contributed by atoms with van der Waals surface area (Å²) in [5, 5.41) is 0. The number of esters is 1. The fourth-order valence-corrected chi connectivity index (χ4v) is 4.73. The van der Waals surface area contributed by atoms with Gasteiger partial charge >= 0.3 is 5.97 Å². The summed E-state index contributed by atoms with van der Waals surface area (Å²) >= 11 is 0. The van der Waals surface area contributed by atoms with E-state index < -0.39 is 5.97 Å². The minimum atomic E-state index is -0.419. The molecule has 0 saturated heterocycles. The number of Topliss-reactive ketones (excluding diaryl/α,β-unsaturated/α-hetero) is 1. The minimum absolute atomic E-state index is 0.184. The molecule has 0 unspecified atom stereocenters. The Hall–Kier alpha value is -2.62. The van der Waals surface area contributed by atoms with E-state index in [0.29, 0.717) is 35.8 Å². The Bertz CT molecular complexity index is 889. The standard InChI is InChI=1S/C34H50O4/c1-4-7-10-13-16-28(17-14-11-8-5-2)27-33(35)29-18-24-32(25-19-29)38-34(36)30-20-22-31(23-21-30)37-26-15-12-9-6-3/h18-25,28H,4-17,26-27H2,1-3H3. The van der Waals surface area contributed by atoms with Crippen LogP contribution in [0.3, 0.4) is 0 Å². The lowest BCUT2D eigenvalue weighted by atomic mass is 9.88. The van der Waals surface area contributed by atoms with Crippen molar-refractivity contribution < 1.29 is 19.1 Å². The molecule has 0 spiro atoms. The van der Waals surface area contributed by atoms with E-state index in [4.69, 9.17) is 9.47 Å². The molecule has 0 radical (unpaired) electrons. The number of hydrogen-bond acceptors (Lipinski definition) is 4. The Kier molecular flexibility index (Phi) is 16.2. The van der Waals surface area contributed by atoms with E-state index >= 15 is 0 Å². The molecular formula is C34H50O4. The summed E-state index contributed by atoms with van der Waals surface area (Å²) in [5.74, 6) is 1.42. The Balaban J connectivity index is 1.85.